The molecule has 0 fully saturated rings. The number of halogens is 1. The van der Waals surface area contributed by atoms with Gasteiger partial charge in [0.2, 0.25) is 0 Å². The minimum atomic E-state index is 0.554. The Morgan fingerprint density at radius 2 is 1.89 bits per heavy atom. The number of anilines is 1. The Morgan fingerprint density at radius 3 is 2.53 bits per heavy atom. The zero-order valence-corrected chi connectivity index (χ0v) is 13.3. The summed E-state index contributed by atoms with van der Waals surface area (Å²) >= 11 is 7.82. The second-order valence-electron chi connectivity index (χ2n) is 4.10. The van der Waals surface area contributed by atoms with Crippen molar-refractivity contribution in [3.8, 4) is 0 Å². The first-order valence-corrected chi connectivity index (χ1v) is 7.37. The molecule has 0 saturated carbocycles. The Morgan fingerprint density at radius 1 is 1.26 bits per heavy atom. The highest BCUT2D eigenvalue weighted by Crippen LogP contribution is 2.39. The molecule has 3 rings (SSSR count). The lowest BCUT2D eigenvalue weighted by molar-refractivity contribution is 0.804. The lowest BCUT2D eigenvalue weighted by Crippen LogP contribution is -1.94. The molecule has 3 aromatic rings. The van der Waals surface area contributed by atoms with Crippen LogP contribution in [0.25, 0.3) is 20.4 Å². The standard InChI is InChI=1S/C11H11ClN4S.C2H6/c1-4-6-8-9(10(13)15-16(8)3)17-11(6)14-5(2)7(4)12;1-2/h1-3H3,(H2,13,15);1-2H3. The number of nitrogens with zero attached hydrogens (tertiary/aromatic N) is 3. The average Bonchev–Trinajstić information content (AvgIpc) is 2.89. The number of nitrogen functional groups attached to an aromatic ring is 1. The van der Waals surface area contributed by atoms with E-state index in [0.29, 0.717) is 5.82 Å². The predicted octanol–water partition coefficient (Wildman–Crippen LogP) is 4.06. The van der Waals surface area contributed by atoms with E-state index in [0.717, 1.165) is 36.7 Å². The van der Waals surface area contributed by atoms with Gasteiger partial charge in [-0.1, -0.05) is 25.4 Å². The molecule has 0 aromatic carbocycles. The molecule has 0 aliphatic rings. The monoisotopic (exact) mass is 296 g/mol. The highest BCUT2D eigenvalue weighted by molar-refractivity contribution is 7.26. The Hall–Kier alpha value is -1.33. The molecule has 2 N–H and O–H groups in total. The number of pyridine rings is 1. The number of hydrogen-bond donors (Lipinski definition) is 1. The van der Waals surface area contributed by atoms with E-state index in [1.807, 2.05) is 34.7 Å². The molecule has 102 valence electrons. The number of nitrogens with two attached hydrogens (primary N) is 1. The van der Waals surface area contributed by atoms with Crippen molar-refractivity contribution in [3.63, 3.8) is 0 Å². The fourth-order valence-electron chi connectivity index (χ4n) is 2.15. The molecule has 3 heterocycles. The lowest BCUT2D eigenvalue weighted by atomic mass is 10.1. The molecule has 4 nitrogen and oxygen atoms in total. The summed E-state index contributed by atoms with van der Waals surface area (Å²) in [4.78, 5) is 5.49. The molecule has 3 aromatic heterocycles. The van der Waals surface area contributed by atoms with Gasteiger partial charge in [-0.3, -0.25) is 4.68 Å². The molecule has 0 amide bonds. The minimum absolute atomic E-state index is 0.554. The van der Waals surface area contributed by atoms with Crippen molar-refractivity contribution in [2.75, 3.05) is 5.73 Å². The fraction of sp³-hybridized carbons (Fsp3) is 0.385. The molecule has 19 heavy (non-hydrogen) atoms. The summed E-state index contributed by atoms with van der Waals surface area (Å²) in [5.41, 5.74) is 8.81. The summed E-state index contributed by atoms with van der Waals surface area (Å²) in [6, 6.07) is 0. The molecule has 0 radical (unpaired) electrons. The maximum absolute atomic E-state index is 6.25. The van der Waals surface area contributed by atoms with Crippen LogP contribution in [-0.4, -0.2) is 14.8 Å². The van der Waals surface area contributed by atoms with Crippen LogP contribution in [0.15, 0.2) is 0 Å². The SMILES string of the molecule is CC.Cc1nc2sc3c(N)nn(C)c3c2c(C)c1Cl. The smallest absolute Gasteiger partial charge is 0.163 e. The highest BCUT2D eigenvalue weighted by atomic mass is 35.5. The van der Waals surface area contributed by atoms with Crippen molar-refractivity contribution in [3.05, 3.63) is 16.3 Å². The van der Waals surface area contributed by atoms with Gasteiger partial charge in [0.15, 0.2) is 5.82 Å². The first kappa shape index (κ1) is 14.1. The van der Waals surface area contributed by atoms with E-state index in [2.05, 4.69) is 10.1 Å². The van der Waals surface area contributed by atoms with Gasteiger partial charge in [0.25, 0.3) is 0 Å². The van der Waals surface area contributed by atoms with Crippen LogP contribution >= 0.6 is 22.9 Å². The second-order valence-corrected chi connectivity index (χ2v) is 5.48. The van der Waals surface area contributed by atoms with Crippen molar-refractivity contribution in [1.82, 2.24) is 14.8 Å². The summed E-state index contributed by atoms with van der Waals surface area (Å²) in [5, 5.41) is 6.01. The molecule has 0 bridgehead atoms. The molecule has 6 heteroatoms. The van der Waals surface area contributed by atoms with Crippen molar-refractivity contribution in [1.29, 1.82) is 0 Å². The number of hydrogen-bond acceptors (Lipinski definition) is 4. The number of thiophene rings is 1. The molecule has 0 spiro atoms. The van der Waals surface area contributed by atoms with Crippen molar-refractivity contribution in [2.45, 2.75) is 27.7 Å². The van der Waals surface area contributed by atoms with Gasteiger partial charge in [-0.2, -0.15) is 5.10 Å². The first-order chi connectivity index (χ1) is 9.00. The van der Waals surface area contributed by atoms with Gasteiger partial charge in [-0.05, 0) is 19.4 Å². The summed E-state index contributed by atoms with van der Waals surface area (Å²) in [6.07, 6.45) is 0. The number of aryl methyl sites for hydroxylation is 3. The van der Waals surface area contributed by atoms with Crippen molar-refractivity contribution >= 4 is 49.2 Å². The highest BCUT2D eigenvalue weighted by Gasteiger charge is 2.18. The van der Waals surface area contributed by atoms with Gasteiger partial charge in [0.1, 0.15) is 4.83 Å². The van der Waals surface area contributed by atoms with Crippen LogP contribution in [0.1, 0.15) is 25.1 Å². The molecule has 0 aliphatic carbocycles. The van der Waals surface area contributed by atoms with E-state index in [1.54, 1.807) is 16.0 Å². The lowest BCUT2D eigenvalue weighted by Gasteiger charge is -2.03. The number of aromatic nitrogens is 3. The van der Waals surface area contributed by atoms with Crippen LogP contribution in [0.2, 0.25) is 5.02 Å². The third-order valence-electron chi connectivity index (χ3n) is 2.97. The van der Waals surface area contributed by atoms with Crippen LogP contribution in [0.4, 0.5) is 5.82 Å². The van der Waals surface area contributed by atoms with Gasteiger partial charge >= 0.3 is 0 Å². The van der Waals surface area contributed by atoms with E-state index in [9.17, 15) is 0 Å². The van der Waals surface area contributed by atoms with E-state index < -0.39 is 0 Å². The minimum Gasteiger partial charge on any atom is -0.381 e. The fourth-order valence-corrected chi connectivity index (χ4v) is 3.49. The van der Waals surface area contributed by atoms with E-state index in [1.165, 1.54) is 0 Å². The first-order valence-electron chi connectivity index (χ1n) is 6.18. The molecular weight excluding hydrogens is 280 g/mol. The molecule has 0 unspecified atom stereocenters. The van der Waals surface area contributed by atoms with Crippen molar-refractivity contribution < 1.29 is 0 Å². The topological polar surface area (TPSA) is 56.7 Å². The van der Waals surface area contributed by atoms with E-state index in [-0.39, 0.29) is 0 Å². The number of rotatable bonds is 0. The Labute approximate surface area is 121 Å². The molecular formula is C13H17ClN4S. The van der Waals surface area contributed by atoms with Crippen LogP contribution in [0, 0.1) is 13.8 Å². The number of fused-ring (bicyclic) bond motifs is 3. The quantitative estimate of drug-likeness (QED) is 0.680. The summed E-state index contributed by atoms with van der Waals surface area (Å²) < 4.78 is 2.78. The summed E-state index contributed by atoms with van der Waals surface area (Å²) in [5.74, 6) is 0.554. The summed E-state index contributed by atoms with van der Waals surface area (Å²) in [7, 11) is 1.89. The van der Waals surface area contributed by atoms with Gasteiger partial charge in [-0.25, -0.2) is 4.98 Å². The maximum Gasteiger partial charge on any atom is 0.163 e. The van der Waals surface area contributed by atoms with Gasteiger partial charge < -0.3 is 5.73 Å². The van der Waals surface area contributed by atoms with Gasteiger partial charge in [0.05, 0.1) is 20.9 Å². The van der Waals surface area contributed by atoms with E-state index in [4.69, 9.17) is 17.3 Å². The molecule has 0 aliphatic heterocycles. The van der Waals surface area contributed by atoms with E-state index >= 15 is 0 Å². The maximum atomic E-state index is 6.25. The third-order valence-corrected chi connectivity index (χ3v) is 4.62. The zero-order chi connectivity index (χ0) is 14.3. The van der Waals surface area contributed by atoms with Crippen LogP contribution in [0.3, 0.4) is 0 Å². The second kappa shape index (κ2) is 4.98. The Balaban J connectivity index is 0.000000637. The largest absolute Gasteiger partial charge is 0.381 e. The molecule has 0 atom stereocenters. The van der Waals surface area contributed by atoms with Crippen LogP contribution < -0.4 is 5.73 Å². The van der Waals surface area contributed by atoms with Crippen molar-refractivity contribution in [2.24, 2.45) is 7.05 Å². The van der Waals surface area contributed by atoms with Gasteiger partial charge in [-0.15, -0.1) is 11.3 Å². The summed E-state index contributed by atoms with van der Waals surface area (Å²) in [6.45, 7) is 7.93. The third kappa shape index (κ3) is 1.97. The predicted molar refractivity (Wildman–Crippen MR) is 84.1 cm³/mol. The van der Waals surface area contributed by atoms with Crippen LogP contribution in [0.5, 0.6) is 0 Å². The Bertz CT molecular complexity index is 757. The normalized spacial score (nSPS) is 10.8. The zero-order valence-electron chi connectivity index (χ0n) is 11.7. The average molecular weight is 297 g/mol. The Kier molecular flexibility index (Phi) is 3.69. The van der Waals surface area contributed by atoms with Gasteiger partial charge in [0, 0.05) is 12.4 Å². The molecule has 0 saturated heterocycles. The van der Waals surface area contributed by atoms with Crippen LogP contribution in [-0.2, 0) is 7.05 Å².